The molecule has 0 saturated carbocycles. The zero-order chi connectivity index (χ0) is 13.0. The molecular formula is C13H14N2O3. The molecule has 5 nitrogen and oxygen atoms in total. The van der Waals surface area contributed by atoms with Crippen LogP contribution >= 0.6 is 0 Å². The lowest BCUT2D eigenvalue weighted by molar-refractivity contribution is -0.136. The largest absolute Gasteiger partial charge is 0.481 e. The van der Waals surface area contributed by atoms with Crippen LogP contribution in [0.2, 0.25) is 0 Å². The standard InChI is InChI=1S/C13H14N2O3/c16-8-12-7-15(9-14-12)6-11-4-2-1-3-10(11)5-13(17)18/h1-4,7,9,16H,5-6,8H2,(H,17,18). The van der Waals surface area contributed by atoms with Crippen LogP contribution in [0.15, 0.2) is 36.8 Å². The molecule has 0 fully saturated rings. The lowest BCUT2D eigenvalue weighted by atomic mass is 10.0. The molecule has 0 amide bonds. The minimum absolute atomic E-state index is 0.0116. The molecular weight excluding hydrogens is 232 g/mol. The number of aromatic nitrogens is 2. The smallest absolute Gasteiger partial charge is 0.307 e. The first kappa shape index (κ1) is 12.3. The van der Waals surface area contributed by atoms with E-state index in [1.807, 2.05) is 28.8 Å². The molecule has 0 radical (unpaired) electrons. The van der Waals surface area contributed by atoms with E-state index in [0.717, 1.165) is 11.1 Å². The van der Waals surface area contributed by atoms with E-state index in [2.05, 4.69) is 4.98 Å². The minimum Gasteiger partial charge on any atom is -0.481 e. The van der Waals surface area contributed by atoms with Crippen molar-refractivity contribution in [1.29, 1.82) is 0 Å². The van der Waals surface area contributed by atoms with Gasteiger partial charge >= 0.3 is 5.97 Å². The highest BCUT2D eigenvalue weighted by Crippen LogP contribution is 2.12. The number of carbonyl (C=O) groups is 1. The van der Waals surface area contributed by atoms with E-state index in [1.54, 1.807) is 12.5 Å². The molecule has 2 rings (SSSR count). The number of imidazole rings is 1. The zero-order valence-corrected chi connectivity index (χ0v) is 9.78. The van der Waals surface area contributed by atoms with Crippen molar-refractivity contribution in [3.8, 4) is 0 Å². The van der Waals surface area contributed by atoms with Gasteiger partial charge in [0, 0.05) is 12.7 Å². The van der Waals surface area contributed by atoms with Crippen molar-refractivity contribution in [1.82, 2.24) is 9.55 Å². The number of aliphatic hydroxyl groups excluding tert-OH is 1. The van der Waals surface area contributed by atoms with Gasteiger partial charge < -0.3 is 14.8 Å². The quantitative estimate of drug-likeness (QED) is 0.827. The number of aliphatic carboxylic acids is 1. The van der Waals surface area contributed by atoms with E-state index in [1.165, 1.54) is 0 Å². The molecule has 18 heavy (non-hydrogen) atoms. The molecule has 2 aromatic rings. The first-order valence-electron chi connectivity index (χ1n) is 5.59. The van der Waals surface area contributed by atoms with Gasteiger partial charge in [0.1, 0.15) is 0 Å². The number of aliphatic hydroxyl groups is 1. The number of benzene rings is 1. The van der Waals surface area contributed by atoms with Crippen LogP contribution in [0.4, 0.5) is 0 Å². The van der Waals surface area contributed by atoms with Crippen molar-refractivity contribution >= 4 is 5.97 Å². The van der Waals surface area contributed by atoms with E-state index < -0.39 is 5.97 Å². The third kappa shape index (κ3) is 2.95. The molecule has 1 aromatic carbocycles. The summed E-state index contributed by atoms with van der Waals surface area (Å²) in [5.74, 6) is -0.843. The Bertz CT molecular complexity index is 549. The highest BCUT2D eigenvalue weighted by atomic mass is 16.4. The Morgan fingerprint density at radius 2 is 2.00 bits per heavy atom. The number of carboxylic acids is 1. The fourth-order valence-electron chi connectivity index (χ4n) is 1.82. The van der Waals surface area contributed by atoms with Crippen LogP contribution in [0, 0.1) is 0 Å². The molecule has 0 saturated heterocycles. The Kier molecular flexibility index (Phi) is 3.74. The number of nitrogens with zero attached hydrogens (tertiary/aromatic N) is 2. The summed E-state index contributed by atoms with van der Waals surface area (Å²) in [6.07, 6.45) is 3.39. The second kappa shape index (κ2) is 5.46. The summed E-state index contributed by atoms with van der Waals surface area (Å²) in [4.78, 5) is 14.8. The summed E-state index contributed by atoms with van der Waals surface area (Å²) in [6, 6.07) is 7.42. The van der Waals surface area contributed by atoms with Gasteiger partial charge in [0.25, 0.3) is 0 Å². The van der Waals surface area contributed by atoms with Gasteiger partial charge in [0.15, 0.2) is 0 Å². The normalized spacial score (nSPS) is 10.5. The van der Waals surface area contributed by atoms with Crippen molar-refractivity contribution in [3.63, 3.8) is 0 Å². The molecule has 0 spiro atoms. The Labute approximate surface area is 104 Å². The molecule has 0 unspecified atom stereocenters. The van der Waals surface area contributed by atoms with Gasteiger partial charge in [-0.25, -0.2) is 4.98 Å². The van der Waals surface area contributed by atoms with Gasteiger partial charge in [-0.05, 0) is 11.1 Å². The number of hydrogen-bond acceptors (Lipinski definition) is 3. The lowest BCUT2D eigenvalue weighted by Gasteiger charge is -2.08. The molecule has 1 aromatic heterocycles. The predicted molar refractivity (Wildman–Crippen MR) is 65.0 cm³/mol. The fraction of sp³-hybridized carbons (Fsp3) is 0.231. The summed E-state index contributed by atoms with van der Waals surface area (Å²) < 4.78 is 1.83. The van der Waals surface area contributed by atoms with Crippen LogP contribution in [0.5, 0.6) is 0 Å². The topological polar surface area (TPSA) is 75.3 Å². The van der Waals surface area contributed by atoms with Crippen LogP contribution in [-0.4, -0.2) is 25.7 Å². The van der Waals surface area contributed by atoms with Crippen molar-refractivity contribution in [3.05, 3.63) is 53.6 Å². The molecule has 0 aliphatic rings. The molecule has 2 N–H and O–H groups in total. The average Bonchev–Trinajstić information content (AvgIpc) is 2.79. The van der Waals surface area contributed by atoms with Crippen LogP contribution in [0.1, 0.15) is 16.8 Å². The first-order chi connectivity index (χ1) is 8.69. The molecule has 0 aliphatic heterocycles. The fourth-order valence-corrected chi connectivity index (χ4v) is 1.82. The SMILES string of the molecule is O=C(O)Cc1ccccc1Cn1cnc(CO)c1. The summed E-state index contributed by atoms with van der Waals surface area (Å²) >= 11 is 0. The monoisotopic (exact) mass is 246 g/mol. The van der Waals surface area contributed by atoms with E-state index in [-0.39, 0.29) is 13.0 Å². The number of hydrogen-bond donors (Lipinski definition) is 2. The maximum absolute atomic E-state index is 10.8. The second-order valence-electron chi connectivity index (χ2n) is 4.03. The number of carboxylic acid groups (broad SMARTS) is 1. The summed E-state index contributed by atoms with van der Waals surface area (Å²) in [6.45, 7) is 0.459. The average molecular weight is 246 g/mol. The predicted octanol–water partition coefficient (Wildman–Crippen LogP) is 1.05. The zero-order valence-electron chi connectivity index (χ0n) is 9.78. The van der Waals surface area contributed by atoms with Crippen LogP contribution in [0.25, 0.3) is 0 Å². The van der Waals surface area contributed by atoms with Gasteiger partial charge in [-0.15, -0.1) is 0 Å². The van der Waals surface area contributed by atoms with E-state index in [9.17, 15) is 4.79 Å². The Balaban J connectivity index is 2.20. The molecule has 0 atom stereocenters. The van der Waals surface area contributed by atoms with Crippen molar-refractivity contribution in [2.75, 3.05) is 0 Å². The highest BCUT2D eigenvalue weighted by molar-refractivity contribution is 5.70. The Morgan fingerprint density at radius 1 is 1.28 bits per heavy atom. The highest BCUT2D eigenvalue weighted by Gasteiger charge is 2.07. The van der Waals surface area contributed by atoms with Crippen LogP contribution < -0.4 is 0 Å². The number of rotatable bonds is 5. The summed E-state index contributed by atoms with van der Waals surface area (Å²) in [7, 11) is 0. The van der Waals surface area contributed by atoms with E-state index in [4.69, 9.17) is 10.2 Å². The van der Waals surface area contributed by atoms with Gasteiger partial charge in [-0.3, -0.25) is 4.79 Å². The maximum atomic E-state index is 10.8. The van der Waals surface area contributed by atoms with Crippen molar-refractivity contribution in [2.45, 2.75) is 19.6 Å². The third-order valence-electron chi connectivity index (χ3n) is 2.66. The van der Waals surface area contributed by atoms with Crippen molar-refractivity contribution in [2.24, 2.45) is 0 Å². The van der Waals surface area contributed by atoms with Gasteiger partial charge in [0.05, 0.1) is 25.0 Å². The van der Waals surface area contributed by atoms with E-state index in [0.29, 0.717) is 12.2 Å². The Morgan fingerprint density at radius 3 is 2.61 bits per heavy atom. The van der Waals surface area contributed by atoms with Crippen LogP contribution in [0.3, 0.4) is 0 Å². The first-order valence-corrected chi connectivity index (χ1v) is 5.59. The molecule has 0 aliphatic carbocycles. The van der Waals surface area contributed by atoms with E-state index >= 15 is 0 Å². The van der Waals surface area contributed by atoms with Crippen molar-refractivity contribution < 1.29 is 15.0 Å². The summed E-state index contributed by atoms with van der Waals surface area (Å²) in [5.41, 5.74) is 2.34. The lowest BCUT2D eigenvalue weighted by Crippen LogP contribution is -2.06. The molecule has 1 heterocycles. The second-order valence-corrected chi connectivity index (χ2v) is 4.03. The molecule has 94 valence electrons. The molecule has 5 heteroatoms. The summed E-state index contributed by atoms with van der Waals surface area (Å²) in [5, 5.41) is 17.8. The molecule has 0 bridgehead atoms. The minimum atomic E-state index is -0.843. The van der Waals surface area contributed by atoms with Gasteiger partial charge in [0.2, 0.25) is 0 Å². The van der Waals surface area contributed by atoms with Gasteiger partial charge in [-0.2, -0.15) is 0 Å². The van der Waals surface area contributed by atoms with Crippen LogP contribution in [-0.2, 0) is 24.4 Å². The Hall–Kier alpha value is -2.14. The maximum Gasteiger partial charge on any atom is 0.307 e. The third-order valence-corrected chi connectivity index (χ3v) is 2.66. The van der Waals surface area contributed by atoms with Gasteiger partial charge in [-0.1, -0.05) is 24.3 Å².